The molecule has 0 bridgehead atoms. The van der Waals surface area contributed by atoms with Crippen LogP contribution >= 0.6 is 0 Å². The average Bonchev–Trinajstić information content (AvgIpc) is 2.58. The first-order valence-electron chi connectivity index (χ1n) is 8.19. The number of carbonyl (C=O) groups is 1. The molecule has 0 radical (unpaired) electrons. The molecule has 0 aliphatic rings. The van der Waals surface area contributed by atoms with E-state index in [9.17, 15) is 9.90 Å². The van der Waals surface area contributed by atoms with Crippen molar-refractivity contribution in [1.82, 2.24) is 15.6 Å². The molecule has 0 fully saturated rings. The predicted molar refractivity (Wildman–Crippen MR) is 96.6 cm³/mol. The molecule has 2 aromatic rings. The van der Waals surface area contributed by atoms with Gasteiger partial charge in [-0.3, -0.25) is 4.98 Å². The fraction of sp³-hybridized carbons (Fsp3) is 0.368. The first-order valence-corrected chi connectivity index (χ1v) is 8.19. The molecule has 0 aliphatic heterocycles. The lowest BCUT2D eigenvalue weighted by Crippen LogP contribution is -2.39. The van der Waals surface area contributed by atoms with Gasteiger partial charge in [-0.15, -0.1) is 0 Å². The number of methoxy groups -OCH3 is 1. The van der Waals surface area contributed by atoms with Gasteiger partial charge in [0.2, 0.25) is 0 Å². The number of aliphatic hydroxyl groups excluding tert-OH is 1. The standard InChI is InChI=1S/C19H25N3O3/c1-12-7-13(2)9-15(8-12)17(23)10-21-19(24)22-14(3)16-5-6-20-11-18(16)25-4/h5-9,11,14,17,23H,10H2,1-4H3,(H2,21,22,24)/t14-,17-/m1/s1. The van der Waals surface area contributed by atoms with Crippen molar-refractivity contribution in [3.8, 4) is 5.75 Å². The van der Waals surface area contributed by atoms with Crippen LogP contribution in [0.5, 0.6) is 5.75 Å². The van der Waals surface area contributed by atoms with E-state index in [0.29, 0.717) is 5.75 Å². The summed E-state index contributed by atoms with van der Waals surface area (Å²) in [5.41, 5.74) is 3.79. The maximum atomic E-state index is 12.1. The van der Waals surface area contributed by atoms with E-state index in [4.69, 9.17) is 4.74 Å². The number of benzene rings is 1. The molecule has 25 heavy (non-hydrogen) atoms. The Bertz CT molecular complexity index is 713. The molecule has 6 nitrogen and oxygen atoms in total. The molecular formula is C19H25N3O3. The molecule has 0 aliphatic carbocycles. The van der Waals surface area contributed by atoms with Crippen molar-refractivity contribution >= 4 is 6.03 Å². The van der Waals surface area contributed by atoms with E-state index in [-0.39, 0.29) is 18.6 Å². The van der Waals surface area contributed by atoms with E-state index in [2.05, 4.69) is 15.6 Å². The minimum absolute atomic E-state index is 0.134. The van der Waals surface area contributed by atoms with Crippen molar-refractivity contribution in [2.45, 2.75) is 32.9 Å². The number of urea groups is 1. The summed E-state index contributed by atoms with van der Waals surface area (Å²) in [5.74, 6) is 0.616. The number of rotatable bonds is 6. The van der Waals surface area contributed by atoms with Crippen LogP contribution in [0.15, 0.2) is 36.7 Å². The van der Waals surface area contributed by atoms with Gasteiger partial charge in [-0.1, -0.05) is 29.3 Å². The zero-order valence-corrected chi connectivity index (χ0v) is 15.0. The second-order valence-electron chi connectivity index (χ2n) is 6.13. The minimum Gasteiger partial charge on any atom is -0.495 e. The molecule has 2 atom stereocenters. The number of aromatic nitrogens is 1. The van der Waals surface area contributed by atoms with Gasteiger partial charge in [0.15, 0.2) is 0 Å². The van der Waals surface area contributed by atoms with Gasteiger partial charge in [-0.25, -0.2) is 4.79 Å². The highest BCUT2D eigenvalue weighted by Gasteiger charge is 2.15. The lowest BCUT2D eigenvalue weighted by molar-refractivity contribution is 0.172. The SMILES string of the molecule is COc1cnccc1[C@@H](C)NC(=O)NC[C@@H](O)c1cc(C)cc(C)c1. The summed E-state index contributed by atoms with van der Waals surface area (Å²) >= 11 is 0. The number of pyridine rings is 1. The Hall–Kier alpha value is -2.60. The van der Waals surface area contributed by atoms with E-state index in [0.717, 1.165) is 22.3 Å². The summed E-state index contributed by atoms with van der Waals surface area (Å²) < 4.78 is 5.25. The largest absolute Gasteiger partial charge is 0.495 e. The van der Waals surface area contributed by atoms with Crippen LogP contribution in [-0.2, 0) is 0 Å². The first-order chi connectivity index (χ1) is 11.9. The van der Waals surface area contributed by atoms with Gasteiger partial charge in [0, 0.05) is 18.3 Å². The average molecular weight is 343 g/mol. The number of carbonyl (C=O) groups excluding carboxylic acids is 1. The van der Waals surface area contributed by atoms with Crippen LogP contribution in [0, 0.1) is 13.8 Å². The third kappa shape index (κ3) is 5.19. The molecule has 3 N–H and O–H groups in total. The number of ether oxygens (including phenoxy) is 1. The Morgan fingerprint density at radius 1 is 1.28 bits per heavy atom. The van der Waals surface area contributed by atoms with E-state index >= 15 is 0 Å². The molecule has 0 saturated carbocycles. The van der Waals surface area contributed by atoms with Crippen LogP contribution in [0.2, 0.25) is 0 Å². The smallest absolute Gasteiger partial charge is 0.315 e. The molecule has 2 amide bonds. The predicted octanol–water partition coefficient (Wildman–Crippen LogP) is 2.80. The highest BCUT2D eigenvalue weighted by atomic mass is 16.5. The van der Waals surface area contributed by atoms with Gasteiger partial charge in [0.25, 0.3) is 0 Å². The van der Waals surface area contributed by atoms with Gasteiger partial charge in [-0.05, 0) is 32.4 Å². The third-order valence-electron chi connectivity index (χ3n) is 3.94. The summed E-state index contributed by atoms with van der Waals surface area (Å²) in [6, 6.07) is 7.07. The van der Waals surface area contributed by atoms with Crippen molar-refractivity contribution < 1.29 is 14.6 Å². The van der Waals surface area contributed by atoms with Crippen molar-refractivity contribution in [1.29, 1.82) is 0 Å². The van der Waals surface area contributed by atoms with Crippen LogP contribution in [-0.4, -0.2) is 29.8 Å². The van der Waals surface area contributed by atoms with E-state index < -0.39 is 6.10 Å². The van der Waals surface area contributed by atoms with Crippen LogP contribution in [0.4, 0.5) is 4.79 Å². The Morgan fingerprint density at radius 2 is 1.96 bits per heavy atom. The maximum absolute atomic E-state index is 12.1. The fourth-order valence-electron chi connectivity index (χ4n) is 2.75. The summed E-state index contributed by atoms with van der Waals surface area (Å²) in [4.78, 5) is 16.1. The maximum Gasteiger partial charge on any atom is 0.315 e. The summed E-state index contributed by atoms with van der Waals surface area (Å²) in [7, 11) is 1.56. The van der Waals surface area contributed by atoms with Gasteiger partial charge in [-0.2, -0.15) is 0 Å². The summed E-state index contributed by atoms with van der Waals surface area (Å²) in [6.45, 7) is 5.95. The van der Waals surface area contributed by atoms with Gasteiger partial charge >= 0.3 is 6.03 Å². The number of amides is 2. The topological polar surface area (TPSA) is 83.5 Å². The molecule has 0 unspecified atom stereocenters. The lowest BCUT2D eigenvalue weighted by Gasteiger charge is -2.18. The summed E-state index contributed by atoms with van der Waals surface area (Å²) in [6.07, 6.45) is 2.50. The third-order valence-corrected chi connectivity index (χ3v) is 3.94. The zero-order valence-electron chi connectivity index (χ0n) is 15.0. The van der Waals surface area contributed by atoms with Gasteiger partial charge < -0.3 is 20.5 Å². The van der Waals surface area contributed by atoms with Crippen LogP contribution in [0.1, 0.15) is 41.3 Å². The number of aliphatic hydroxyl groups is 1. The molecule has 6 heteroatoms. The molecule has 1 aromatic heterocycles. The molecular weight excluding hydrogens is 318 g/mol. The highest BCUT2D eigenvalue weighted by molar-refractivity contribution is 5.74. The normalized spacial score (nSPS) is 13.0. The molecule has 0 saturated heterocycles. The molecule has 1 heterocycles. The monoisotopic (exact) mass is 343 g/mol. The molecule has 0 spiro atoms. The van der Waals surface area contributed by atoms with Crippen LogP contribution in [0.3, 0.4) is 0 Å². The van der Waals surface area contributed by atoms with Crippen LogP contribution in [0.25, 0.3) is 0 Å². The Labute approximate surface area is 148 Å². The van der Waals surface area contributed by atoms with E-state index in [1.165, 1.54) is 0 Å². The molecule has 134 valence electrons. The molecule has 2 rings (SSSR count). The first kappa shape index (κ1) is 18.7. The minimum atomic E-state index is -0.755. The van der Waals surface area contributed by atoms with Crippen molar-refractivity contribution in [3.63, 3.8) is 0 Å². The Morgan fingerprint density at radius 3 is 2.60 bits per heavy atom. The number of nitrogens with zero attached hydrogens (tertiary/aromatic N) is 1. The van der Waals surface area contributed by atoms with Gasteiger partial charge in [0.05, 0.1) is 25.5 Å². The fourth-order valence-corrected chi connectivity index (χ4v) is 2.75. The quantitative estimate of drug-likeness (QED) is 0.753. The number of hydrogen-bond acceptors (Lipinski definition) is 4. The van der Waals surface area contributed by atoms with Crippen molar-refractivity contribution in [2.24, 2.45) is 0 Å². The Kier molecular flexibility index (Phi) is 6.36. The Balaban J connectivity index is 1.91. The van der Waals surface area contributed by atoms with Gasteiger partial charge in [0.1, 0.15) is 5.75 Å². The lowest BCUT2D eigenvalue weighted by atomic mass is 10.0. The zero-order chi connectivity index (χ0) is 18.4. The van der Waals surface area contributed by atoms with Crippen molar-refractivity contribution in [3.05, 3.63) is 58.9 Å². The number of aryl methyl sites for hydroxylation is 2. The van der Waals surface area contributed by atoms with E-state index in [1.807, 2.05) is 39.0 Å². The summed E-state index contributed by atoms with van der Waals surface area (Å²) in [5, 5.41) is 15.8. The number of hydrogen-bond donors (Lipinski definition) is 3. The second-order valence-corrected chi connectivity index (χ2v) is 6.13. The van der Waals surface area contributed by atoms with Crippen LogP contribution < -0.4 is 15.4 Å². The van der Waals surface area contributed by atoms with E-state index in [1.54, 1.807) is 25.6 Å². The highest BCUT2D eigenvalue weighted by Crippen LogP contribution is 2.23. The molecule has 1 aromatic carbocycles. The van der Waals surface area contributed by atoms with Crippen molar-refractivity contribution in [2.75, 3.05) is 13.7 Å². The second kappa shape index (κ2) is 8.48. The number of nitrogens with one attached hydrogen (secondary N) is 2.